The average molecular weight is 463 g/mol. The van der Waals surface area contributed by atoms with Crippen molar-refractivity contribution in [1.29, 1.82) is 0 Å². The lowest BCUT2D eigenvalue weighted by Crippen LogP contribution is -2.16. The van der Waals surface area contributed by atoms with Crippen molar-refractivity contribution in [2.24, 2.45) is 11.3 Å². The summed E-state index contributed by atoms with van der Waals surface area (Å²) < 4.78 is 15.8. The standard InChI is InChI=1S/C18H15FN6.C9H20/c1-2-12-7-10-25-16(12)18(22-14-6-9-20-11-13(14)19)23-17(24-25)15-5-3-4-8-21-15;1-6-7-8(2)9(3,4)5/h3-11H,2H2,1H3,(H,20,22,23,24);8H,6-7H2,1-5H3. The zero-order valence-corrected chi connectivity index (χ0v) is 21.0. The van der Waals surface area contributed by atoms with Gasteiger partial charge in [-0.1, -0.05) is 60.5 Å². The maximum atomic E-state index is 14.0. The summed E-state index contributed by atoms with van der Waals surface area (Å²) in [6.45, 7) is 13.6. The first-order chi connectivity index (χ1) is 16.2. The van der Waals surface area contributed by atoms with Crippen molar-refractivity contribution in [3.8, 4) is 11.5 Å². The largest absolute Gasteiger partial charge is 0.336 e. The van der Waals surface area contributed by atoms with Crippen LogP contribution < -0.4 is 5.32 Å². The number of pyridine rings is 2. The minimum absolute atomic E-state index is 0.311. The van der Waals surface area contributed by atoms with E-state index in [1.54, 1.807) is 16.8 Å². The van der Waals surface area contributed by atoms with E-state index < -0.39 is 5.82 Å². The number of hydrogen-bond acceptors (Lipinski definition) is 5. The first kappa shape index (κ1) is 25.3. The number of hydrogen-bond donors (Lipinski definition) is 1. The van der Waals surface area contributed by atoms with E-state index in [0.29, 0.717) is 28.4 Å². The van der Waals surface area contributed by atoms with Gasteiger partial charge in [-0.2, -0.15) is 0 Å². The highest BCUT2D eigenvalue weighted by molar-refractivity contribution is 5.78. The topological polar surface area (TPSA) is 68.0 Å². The molecule has 1 atom stereocenters. The Bertz CT molecular complexity index is 1200. The van der Waals surface area contributed by atoms with Crippen LogP contribution in [0.5, 0.6) is 0 Å². The summed E-state index contributed by atoms with van der Waals surface area (Å²) >= 11 is 0. The molecule has 0 radical (unpaired) electrons. The number of nitrogens with one attached hydrogen (secondary N) is 1. The molecule has 0 aromatic carbocycles. The van der Waals surface area contributed by atoms with Gasteiger partial charge in [-0.25, -0.2) is 13.9 Å². The molecule has 4 heterocycles. The predicted molar refractivity (Wildman–Crippen MR) is 137 cm³/mol. The van der Waals surface area contributed by atoms with Gasteiger partial charge in [0.2, 0.25) is 5.82 Å². The molecule has 0 aliphatic rings. The molecule has 0 fully saturated rings. The van der Waals surface area contributed by atoms with Crippen molar-refractivity contribution >= 4 is 17.0 Å². The Morgan fingerprint density at radius 1 is 1.09 bits per heavy atom. The zero-order valence-electron chi connectivity index (χ0n) is 21.0. The number of aromatic nitrogens is 5. The van der Waals surface area contributed by atoms with Crippen molar-refractivity contribution in [2.75, 3.05) is 5.32 Å². The van der Waals surface area contributed by atoms with Crippen LogP contribution in [0.4, 0.5) is 15.9 Å². The van der Waals surface area contributed by atoms with Gasteiger partial charge in [0.05, 0.1) is 11.9 Å². The Balaban J connectivity index is 0.000000309. The van der Waals surface area contributed by atoms with Gasteiger partial charge < -0.3 is 5.32 Å². The SMILES string of the molecule is CCCC(C)C(C)(C)C.CCc1ccn2nc(-c3ccccn3)nc(Nc3ccncc3F)c12. The molecule has 0 saturated carbocycles. The van der Waals surface area contributed by atoms with E-state index in [4.69, 9.17) is 0 Å². The minimum Gasteiger partial charge on any atom is -0.336 e. The number of halogens is 1. The quantitative estimate of drug-likeness (QED) is 0.331. The second kappa shape index (κ2) is 11.2. The Morgan fingerprint density at radius 2 is 1.88 bits per heavy atom. The molecule has 34 heavy (non-hydrogen) atoms. The lowest BCUT2D eigenvalue weighted by atomic mass is 9.80. The summed E-state index contributed by atoms with van der Waals surface area (Å²) in [7, 11) is 0. The summed E-state index contributed by atoms with van der Waals surface area (Å²) in [5, 5.41) is 7.61. The summed E-state index contributed by atoms with van der Waals surface area (Å²) in [5.74, 6) is 1.41. The molecule has 1 unspecified atom stereocenters. The number of nitrogens with zero attached hydrogens (tertiary/aromatic N) is 5. The van der Waals surface area contributed by atoms with Crippen LogP contribution in [-0.4, -0.2) is 24.6 Å². The molecular weight excluding hydrogens is 427 g/mol. The molecular formula is C27H35FN6. The van der Waals surface area contributed by atoms with Gasteiger partial charge in [-0.3, -0.25) is 9.97 Å². The lowest BCUT2D eigenvalue weighted by Gasteiger charge is -2.26. The van der Waals surface area contributed by atoms with Crippen LogP contribution in [0.15, 0.2) is 55.1 Å². The molecule has 7 heteroatoms. The second-order valence-corrected chi connectivity index (χ2v) is 9.52. The second-order valence-electron chi connectivity index (χ2n) is 9.52. The van der Waals surface area contributed by atoms with Crippen LogP contribution >= 0.6 is 0 Å². The lowest BCUT2D eigenvalue weighted by molar-refractivity contribution is 0.245. The zero-order chi connectivity index (χ0) is 24.7. The summed E-state index contributed by atoms with van der Waals surface area (Å²) in [6, 6.07) is 9.10. The van der Waals surface area contributed by atoms with Crippen molar-refractivity contribution in [1.82, 2.24) is 24.6 Å². The van der Waals surface area contributed by atoms with E-state index in [2.05, 4.69) is 66.9 Å². The third kappa shape index (κ3) is 6.16. The number of rotatable bonds is 6. The summed E-state index contributed by atoms with van der Waals surface area (Å²) in [5.41, 5.74) is 3.36. The van der Waals surface area contributed by atoms with Gasteiger partial charge in [-0.05, 0) is 47.6 Å². The first-order valence-corrected chi connectivity index (χ1v) is 11.9. The normalized spacial score (nSPS) is 12.2. The number of fused-ring (bicyclic) bond motifs is 1. The highest BCUT2D eigenvalue weighted by Gasteiger charge is 2.18. The third-order valence-corrected chi connectivity index (χ3v) is 6.10. The van der Waals surface area contributed by atoms with Gasteiger partial charge in [0.15, 0.2) is 11.6 Å². The van der Waals surface area contributed by atoms with Crippen LogP contribution in [0.2, 0.25) is 0 Å². The Hall–Kier alpha value is -3.35. The maximum absolute atomic E-state index is 14.0. The Labute approximate surface area is 201 Å². The fourth-order valence-corrected chi connectivity index (χ4v) is 3.53. The van der Waals surface area contributed by atoms with Crippen LogP contribution in [0.25, 0.3) is 17.0 Å². The molecule has 0 spiro atoms. The van der Waals surface area contributed by atoms with E-state index >= 15 is 0 Å². The first-order valence-electron chi connectivity index (χ1n) is 11.9. The Kier molecular flexibility index (Phi) is 8.31. The molecule has 0 amide bonds. The molecule has 0 bridgehead atoms. The number of aryl methyl sites for hydroxylation is 1. The average Bonchev–Trinajstić information content (AvgIpc) is 3.25. The van der Waals surface area contributed by atoms with E-state index in [1.165, 1.54) is 25.2 Å². The minimum atomic E-state index is -0.441. The Morgan fingerprint density at radius 3 is 2.47 bits per heavy atom. The van der Waals surface area contributed by atoms with E-state index in [-0.39, 0.29) is 0 Å². The van der Waals surface area contributed by atoms with E-state index in [9.17, 15) is 4.39 Å². The van der Waals surface area contributed by atoms with Gasteiger partial charge in [0.1, 0.15) is 11.2 Å². The van der Waals surface area contributed by atoms with Crippen molar-refractivity contribution < 1.29 is 4.39 Å². The van der Waals surface area contributed by atoms with Crippen LogP contribution in [0, 0.1) is 17.2 Å². The van der Waals surface area contributed by atoms with Gasteiger partial charge in [0.25, 0.3) is 0 Å². The van der Waals surface area contributed by atoms with E-state index in [0.717, 1.165) is 23.4 Å². The van der Waals surface area contributed by atoms with Crippen molar-refractivity contribution in [3.05, 3.63) is 66.5 Å². The molecule has 6 nitrogen and oxygen atoms in total. The van der Waals surface area contributed by atoms with Gasteiger partial charge in [0, 0.05) is 18.6 Å². The summed E-state index contributed by atoms with van der Waals surface area (Å²) in [6.07, 6.45) is 9.75. The van der Waals surface area contributed by atoms with Crippen molar-refractivity contribution in [2.45, 2.75) is 60.8 Å². The molecule has 0 aliphatic heterocycles. The molecule has 4 rings (SSSR count). The van der Waals surface area contributed by atoms with Crippen LogP contribution in [0.3, 0.4) is 0 Å². The smallest absolute Gasteiger partial charge is 0.200 e. The highest BCUT2D eigenvalue weighted by Crippen LogP contribution is 2.29. The molecule has 4 aromatic rings. The number of anilines is 2. The van der Waals surface area contributed by atoms with E-state index in [1.807, 2.05) is 30.5 Å². The molecule has 180 valence electrons. The summed E-state index contributed by atoms with van der Waals surface area (Å²) in [4.78, 5) is 12.7. The maximum Gasteiger partial charge on any atom is 0.200 e. The van der Waals surface area contributed by atoms with Gasteiger partial charge in [-0.15, -0.1) is 5.10 Å². The third-order valence-electron chi connectivity index (χ3n) is 6.10. The predicted octanol–water partition coefficient (Wildman–Crippen LogP) is 7.10. The van der Waals surface area contributed by atoms with Crippen molar-refractivity contribution in [3.63, 3.8) is 0 Å². The van der Waals surface area contributed by atoms with Gasteiger partial charge >= 0.3 is 0 Å². The molecule has 4 aromatic heterocycles. The molecule has 1 N–H and O–H groups in total. The fourth-order valence-electron chi connectivity index (χ4n) is 3.53. The molecule has 0 aliphatic carbocycles. The highest BCUT2D eigenvalue weighted by atomic mass is 19.1. The molecule has 0 saturated heterocycles. The van der Waals surface area contributed by atoms with Crippen LogP contribution in [0.1, 0.15) is 59.9 Å². The monoisotopic (exact) mass is 462 g/mol. The fraction of sp³-hybridized carbons (Fsp3) is 0.407. The van der Waals surface area contributed by atoms with Crippen LogP contribution in [-0.2, 0) is 6.42 Å².